The third kappa shape index (κ3) is 4.56. The summed E-state index contributed by atoms with van der Waals surface area (Å²) in [6.45, 7) is 2.14. The number of nitrogens with one attached hydrogen (secondary N) is 2. The minimum Gasteiger partial charge on any atom is -0.381 e. The number of benzene rings is 1. The summed E-state index contributed by atoms with van der Waals surface area (Å²) < 4.78 is 7.27. The molecule has 1 aromatic carbocycles. The molecule has 0 bridgehead atoms. The molecule has 1 saturated heterocycles. The third-order valence-corrected chi connectivity index (χ3v) is 3.97. The molecule has 2 amide bonds. The Bertz CT molecular complexity index is 621. The van der Waals surface area contributed by atoms with Crippen molar-refractivity contribution in [2.75, 3.05) is 25.1 Å². The van der Waals surface area contributed by atoms with E-state index in [-0.39, 0.29) is 6.03 Å². The van der Waals surface area contributed by atoms with Crippen LogP contribution in [-0.4, -0.2) is 35.6 Å². The maximum absolute atomic E-state index is 11.9. The second kappa shape index (κ2) is 7.78. The van der Waals surface area contributed by atoms with Crippen LogP contribution in [-0.2, 0) is 11.2 Å². The van der Waals surface area contributed by atoms with Crippen LogP contribution < -0.4 is 10.6 Å². The van der Waals surface area contributed by atoms with E-state index < -0.39 is 0 Å². The van der Waals surface area contributed by atoms with Crippen LogP contribution in [0.1, 0.15) is 24.4 Å². The molecule has 0 atom stereocenters. The van der Waals surface area contributed by atoms with Gasteiger partial charge in [0.15, 0.2) is 0 Å². The van der Waals surface area contributed by atoms with Gasteiger partial charge in [-0.3, -0.25) is 4.68 Å². The van der Waals surface area contributed by atoms with Crippen LogP contribution in [0.25, 0.3) is 0 Å². The molecule has 2 heterocycles. The molecule has 3 rings (SSSR count). The van der Waals surface area contributed by atoms with Crippen molar-refractivity contribution in [2.24, 2.45) is 0 Å². The molecule has 0 radical (unpaired) electrons. The Kier molecular flexibility index (Phi) is 5.26. The molecule has 1 aliphatic heterocycles. The zero-order chi connectivity index (χ0) is 15.9. The van der Waals surface area contributed by atoms with Gasteiger partial charge in [0, 0.05) is 26.0 Å². The molecule has 1 aromatic heterocycles. The average molecular weight is 314 g/mol. The molecule has 2 N–H and O–H groups in total. The van der Waals surface area contributed by atoms with E-state index in [0.717, 1.165) is 32.5 Å². The largest absolute Gasteiger partial charge is 0.381 e. The number of carbonyl (C=O) groups is 1. The van der Waals surface area contributed by atoms with E-state index >= 15 is 0 Å². The summed E-state index contributed by atoms with van der Waals surface area (Å²) in [6.07, 6.45) is 6.31. The zero-order valence-electron chi connectivity index (χ0n) is 13.1. The molecule has 0 saturated carbocycles. The summed E-state index contributed by atoms with van der Waals surface area (Å²) in [5, 5.41) is 10.0. The van der Waals surface area contributed by atoms with Crippen LogP contribution in [0.4, 0.5) is 10.5 Å². The topological polar surface area (TPSA) is 68.2 Å². The molecular formula is C17H22N4O2. The number of aromatic nitrogens is 2. The van der Waals surface area contributed by atoms with Gasteiger partial charge in [-0.15, -0.1) is 0 Å². The molecule has 2 aromatic rings. The number of anilines is 1. The molecule has 23 heavy (non-hydrogen) atoms. The molecule has 122 valence electrons. The number of ether oxygens (including phenoxy) is 1. The third-order valence-electron chi connectivity index (χ3n) is 3.97. The first kappa shape index (κ1) is 15.6. The maximum Gasteiger partial charge on any atom is 0.319 e. The summed E-state index contributed by atoms with van der Waals surface area (Å²) in [5.74, 6) is 0. The normalized spacial score (nSPS) is 15.3. The van der Waals surface area contributed by atoms with Crippen LogP contribution in [0.5, 0.6) is 0 Å². The van der Waals surface area contributed by atoms with E-state index in [9.17, 15) is 4.79 Å². The summed E-state index contributed by atoms with van der Waals surface area (Å²) in [7, 11) is 0. The molecule has 0 aliphatic carbocycles. The van der Waals surface area contributed by atoms with Crippen molar-refractivity contribution in [3.63, 3.8) is 0 Å². The van der Waals surface area contributed by atoms with Gasteiger partial charge in [0.05, 0.1) is 17.9 Å². The first-order valence-electron chi connectivity index (χ1n) is 8.02. The molecule has 1 aliphatic rings. The van der Waals surface area contributed by atoms with Gasteiger partial charge in [0.25, 0.3) is 0 Å². The predicted octanol–water partition coefficient (Wildman–Crippen LogP) is 2.60. The summed E-state index contributed by atoms with van der Waals surface area (Å²) in [5.41, 5.74) is 1.92. The number of amides is 2. The van der Waals surface area contributed by atoms with Gasteiger partial charge in [0.2, 0.25) is 0 Å². The van der Waals surface area contributed by atoms with Gasteiger partial charge in [-0.1, -0.05) is 30.3 Å². The van der Waals surface area contributed by atoms with Crippen molar-refractivity contribution in [3.8, 4) is 0 Å². The SMILES string of the molecule is O=C(NCCc1ccccc1)Nc1cnn(C2CCOCC2)c1. The second-order valence-corrected chi connectivity index (χ2v) is 5.67. The Balaban J connectivity index is 1.43. The highest BCUT2D eigenvalue weighted by Crippen LogP contribution is 2.21. The standard InChI is InChI=1S/C17H22N4O2/c22-17(18-9-6-14-4-2-1-3-5-14)20-15-12-19-21(13-15)16-7-10-23-11-8-16/h1-5,12-13,16H,6-11H2,(H2,18,20,22). The van der Waals surface area contributed by atoms with Crippen molar-refractivity contribution in [1.29, 1.82) is 0 Å². The monoisotopic (exact) mass is 314 g/mol. The molecular weight excluding hydrogens is 292 g/mol. The van der Waals surface area contributed by atoms with Gasteiger partial charge in [-0.25, -0.2) is 4.79 Å². The smallest absolute Gasteiger partial charge is 0.319 e. The van der Waals surface area contributed by atoms with Gasteiger partial charge in [0.1, 0.15) is 0 Å². The quantitative estimate of drug-likeness (QED) is 0.891. The van der Waals surface area contributed by atoms with Crippen molar-refractivity contribution in [1.82, 2.24) is 15.1 Å². The number of urea groups is 1. The van der Waals surface area contributed by atoms with E-state index in [1.165, 1.54) is 5.56 Å². The van der Waals surface area contributed by atoms with Crippen molar-refractivity contribution < 1.29 is 9.53 Å². The summed E-state index contributed by atoms with van der Waals surface area (Å²) in [6, 6.07) is 10.3. The number of hydrogen-bond acceptors (Lipinski definition) is 3. The Morgan fingerprint density at radius 2 is 2.04 bits per heavy atom. The van der Waals surface area contributed by atoms with Crippen molar-refractivity contribution >= 4 is 11.7 Å². The van der Waals surface area contributed by atoms with Gasteiger partial charge in [-0.05, 0) is 24.8 Å². The number of rotatable bonds is 5. The Morgan fingerprint density at radius 1 is 1.26 bits per heavy atom. The lowest BCUT2D eigenvalue weighted by atomic mass is 10.1. The first-order chi connectivity index (χ1) is 11.3. The minimum atomic E-state index is -0.201. The summed E-state index contributed by atoms with van der Waals surface area (Å²) >= 11 is 0. The number of carbonyl (C=O) groups excluding carboxylic acids is 1. The van der Waals surface area contributed by atoms with E-state index in [4.69, 9.17) is 4.74 Å². The Hall–Kier alpha value is -2.34. The lowest BCUT2D eigenvalue weighted by Gasteiger charge is -2.22. The highest BCUT2D eigenvalue weighted by atomic mass is 16.5. The molecule has 6 nitrogen and oxygen atoms in total. The van der Waals surface area contributed by atoms with Crippen molar-refractivity contribution in [3.05, 3.63) is 48.3 Å². The minimum absolute atomic E-state index is 0.201. The number of hydrogen-bond donors (Lipinski definition) is 2. The Labute approximate surface area is 135 Å². The van der Waals surface area contributed by atoms with E-state index in [0.29, 0.717) is 18.3 Å². The number of nitrogens with zero attached hydrogens (tertiary/aromatic N) is 2. The van der Waals surface area contributed by atoms with Crippen LogP contribution in [0.2, 0.25) is 0 Å². The van der Waals surface area contributed by atoms with E-state index in [2.05, 4.69) is 27.9 Å². The maximum atomic E-state index is 11.9. The molecule has 6 heteroatoms. The fraction of sp³-hybridized carbons (Fsp3) is 0.412. The van der Waals surface area contributed by atoms with Crippen LogP contribution >= 0.6 is 0 Å². The highest BCUT2D eigenvalue weighted by Gasteiger charge is 2.16. The molecule has 1 fully saturated rings. The van der Waals surface area contributed by atoms with Gasteiger partial charge in [-0.2, -0.15) is 5.10 Å². The van der Waals surface area contributed by atoms with E-state index in [1.807, 2.05) is 29.1 Å². The fourth-order valence-electron chi connectivity index (χ4n) is 2.69. The van der Waals surface area contributed by atoms with Crippen molar-refractivity contribution in [2.45, 2.75) is 25.3 Å². The van der Waals surface area contributed by atoms with Gasteiger partial charge < -0.3 is 15.4 Å². The zero-order valence-corrected chi connectivity index (χ0v) is 13.1. The summed E-state index contributed by atoms with van der Waals surface area (Å²) in [4.78, 5) is 11.9. The average Bonchev–Trinajstić information content (AvgIpc) is 3.05. The molecule has 0 unspecified atom stereocenters. The fourth-order valence-corrected chi connectivity index (χ4v) is 2.69. The van der Waals surface area contributed by atoms with Crippen LogP contribution in [0, 0.1) is 0 Å². The van der Waals surface area contributed by atoms with Crippen LogP contribution in [0.15, 0.2) is 42.7 Å². The Morgan fingerprint density at radius 3 is 2.83 bits per heavy atom. The van der Waals surface area contributed by atoms with Gasteiger partial charge >= 0.3 is 6.03 Å². The second-order valence-electron chi connectivity index (χ2n) is 5.67. The lowest BCUT2D eigenvalue weighted by molar-refractivity contribution is 0.0662. The lowest BCUT2D eigenvalue weighted by Crippen LogP contribution is -2.30. The van der Waals surface area contributed by atoms with E-state index in [1.54, 1.807) is 6.20 Å². The molecule has 0 spiro atoms. The predicted molar refractivity (Wildman–Crippen MR) is 88.5 cm³/mol. The highest BCUT2D eigenvalue weighted by molar-refractivity contribution is 5.88. The van der Waals surface area contributed by atoms with Crippen LogP contribution in [0.3, 0.4) is 0 Å². The first-order valence-corrected chi connectivity index (χ1v) is 8.02.